The van der Waals surface area contributed by atoms with Crippen molar-refractivity contribution in [1.29, 1.82) is 5.26 Å². The Labute approximate surface area is 171 Å². The highest BCUT2D eigenvalue weighted by Crippen LogP contribution is 2.31. The lowest BCUT2D eigenvalue weighted by Gasteiger charge is -2.05. The topological polar surface area (TPSA) is 94.5 Å². The van der Waals surface area contributed by atoms with Crippen LogP contribution in [-0.2, 0) is 4.79 Å². The van der Waals surface area contributed by atoms with Crippen LogP contribution in [0.4, 0.5) is 4.39 Å². The van der Waals surface area contributed by atoms with Gasteiger partial charge in [0.15, 0.2) is 0 Å². The molecule has 7 heteroatoms. The van der Waals surface area contributed by atoms with Gasteiger partial charge in [-0.3, -0.25) is 4.79 Å². The number of amides is 1. The molecule has 6 nitrogen and oxygen atoms in total. The van der Waals surface area contributed by atoms with Gasteiger partial charge in [-0.2, -0.15) is 9.65 Å². The highest BCUT2D eigenvalue weighted by atomic mass is 19.1. The second-order valence-electron chi connectivity index (χ2n) is 6.57. The number of nitriles is 1. The minimum Gasteiger partial charge on any atom is -0.354 e. The number of nitrogens with zero attached hydrogens (tertiary/aromatic N) is 3. The normalized spacial score (nSPS) is 11.3. The van der Waals surface area contributed by atoms with Crippen LogP contribution in [0.25, 0.3) is 39.4 Å². The summed E-state index contributed by atoms with van der Waals surface area (Å²) in [6, 6.07) is 14.4. The summed E-state index contributed by atoms with van der Waals surface area (Å²) in [5.74, 6) is -0.966. The standard InChI is InChI=1S/C23H16FN5O/c1-26-23(30)17(10-25)8-14-3-2-4-15(7-14)18-9-19-20(13-29-22(19)28-12-18)16-5-6-21(24)27-11-16/h2-9,11-13H,1H3,(H,26,30)(H,28,29). The molecule has 0 saturated carbocycles. The quantitative estimate of drug-likeness (QED) is 0.308. The minimum absolute atomic E-state index is 0.0277. The number of hydrogen-bond acceptors (Lipinski definition) is 4. The smallest absolute Gasteiger partial charge is 0.261 e. The maximum absolute atomic E-state index is 13.2. The molecule has 0 fully saturated rings. The number of pyridine rings is 2. The molecule has 0 bridgehead atoms. The van der Waals surface area contributed by atoms with Crippen molar-refractivity contribution in [3.8, 4) is 28.3 Å². The molecular weight excluding hydrogens is 381 g/mol. The summed E-state index contributed by atoms with van der Waals surface area (Å²) in [5.41, 5.74) is 4.87. The van der Waals surface area contributed by atoms with Gasteiger partial charge in [0.05, 0.1) is 0 Å². The van der Waals surface area contributed by atoms with E-state index in [1.165, 1.54) is 19.3 Å². The lowest BCUT2D eigenvalue weighted by Crippen LogP contribution is -2.19. The predicted molar refractivity (Wildman–Crippen MR) is 112 cm³/mol. The zero-order valence-corrected chi connectivity index (χ0v) is 16.0. The highest BCUT2D eigenvalue weighted by Gasteiger charge is 2.11. The van der Waals surface area contributed by atoms with Gasteiger partial charge in [-0.1, -0.05) is 18.2 Å². The van der Waals surface area contributed by atoms with Gasteiger partial charge in [0, 0.05) is 47.7 Å². The van der Waals surface area contributed by atoms with Crippen molar-refractivity contribution in [2.45, 2.75) is 0 Å². The number of nitrogens with one attached hydrogen (secondary N) is 2. The van der Waals surface area contributed by atoms with Crippen LogP contribution in [-0.4, -0.2) is 27.9 Å². The van der Waals surface area contributed by atoms with E-state index in [9.17, 15) is 14.4 Å². The van der Waals surface area contributed by atoms with Gasteiger partial charge in [0.2, 0.25) is 5.95 Å². The molecule has 2 N–H and O–H groups in total. The summed E-state index contributed by atoms with van der Waals surface area (Å²) in [6.07, 6.45) is 6.59. The number of hydrogen-bond donors (Lipinski definition) is 2. The number of rotatable bonds is 4. The Balaban J connectivity index is 1.76. The Bertz CT molecular complexity index is 1320. The van der Waals surface area contributed by atoms with E-state index in [0.717, 1.165) is 33.2 Å². The summed E-state index contributed by atoms with van der Waals surface area (Å²) in [4.78, 5) is 23.1. The van der Waals surface area contributed by atoms with Crippen molar-refractivity contribution in [2.24, 2.45) is 0 Å². The van der Waals surface area contributed by atoms with Crippen LogP contribution in [0.2, 0.25) is 0 Å². The molecule has 0 aliphatic carbocycles. The molecule has 146 valence electrons. The fourth-order valence-electron chi connectivity index (χ4n) is 3.19. The van der Waals surface area contributed by atoms with Gasteiger partial charge in [0.1, 0.15) is 17.3 Å². The third-order valence-electron chi connectivity index (χ3n) is 4.69. The number of H-pyrrole nitrogens is 1. The molecule has 0 atom stereocenters. The Kier molecular flexibility index (Phi) is 5.06. The Hall–Kier alpha value is -4.31. The van der Waals surface area contributed by atoms with Crippen molar-refractivity contribution in [2.75, 3.05) is 7.05 Å². The number of likely N-dealkylation sites (N-methyl/N-ethyl adjacent to an activating group) is 1. The average molecular weight is 397 g/mol. The summed E-state index contributed by atoms with van der Waals surface area (Å²) in [5, 5.41) is 12.5. The van der Waals surface area contributed by atoms with Crippen LogP contribution in [0.1, 0.15) is 5.56 Å². The third kappa shape index (κ3) is 3.66. The van der Waals surface area contributed by atoms with Gasteiger partial charge in [0.25, 0.3) is 5.91 Å². The van der Waals surface area contributed by atoms with Crippen LogP contribution in [0.3, 0.4) is 0 Å². The molecule has 0 saturated heterocycles. The van der Waals surface area contributed by atoms with E-state index in [2.05, 4.69) is 20.3 Å². The monoisotopic (exact) mass is 397 g/mol. The fraction of sp³-hybridized carbons (Fsp3) is 0.0435. The van der Waals surface area contributed by atoms with Crippen molar-refractivity contribution < 1.29 is 9.18 Å². The Morgan fingerprint density at radius 3 is 2.70 bits per heavy atom. The first-order valence-electron chi connectivity index (χ1n) is 9.12. The molecule has 0 aliphatic heterocycles. The van der Waals surface area contributed by atoms with Gasteiger partial charge < -0.3 is 10.3 Å². The van der Waals surface area contributed by atoms with E-state index in [0.29, 0.717) is 5.65 Å². The molecule has 3 heterocycles. The summed E-state index contributed by atoms with van der Waals surface area (Å²) >= 11 is 0. The molecule has 4 rings (SSSR count). The van der Waals surface area contributed by atoms with E-state index in [1.54, 1.807) is 18.3 Å². The Morgan fingerprint density at radius 1 is 1.13 bits per heavy atom. The molecule has 0 aliphatic rings. The first-order chi connectivity index (χ1) is 14.6. The lowest BCUT2D eigenvalue weighted by atomic mass is 10.0. The number of carbonyl (C=O) groups excluding carboxylic acids is 1. The number of halogens is 1. The van der Waals surface area contributed by atoms with Crippen molar-refractivity contribution >= 4 is 23.0 Å². The zero-order valence-electron chi connectivity index (χ0n) is 16.0. The van der Waals surface area contributed by atoms with Crippen LogP contribution in [0, 0.1) is 17.3 Å². The predicted octanol–water partition coefficient (Wildman–Crippen LogP) is 4.08. The van der Waals surface area contributed by atoms with Crippen LogP contribution < -0.4 is 5.32 Å². The van der Waals surface area contributed by atoms with E-state index in [1.807, 2.05) is 42.6 Å². The van der Waals surface area contributed by atoms with Crippen molar-refractivity contribution in [1.82, 2.24) is 20.3 Å². The van der Waals surface area contributed by atoms with E-state index in [-0.39, 0.29) is 5.57 Å². The van der Waals surface area contributed by atoms with E-state index >= 15 is 0 Å². The van der Waals surface area contributed by atoms with Crippen LogP contribution in [0.15, 0.2) is 66.6 Å². The van der Waals surface area contributed by atoms with Gasteiger partial charge in [-0.25, -0.2) is 9.97 Å². The maximum atomic E-state index is 13.2. The van der Waals surface area contributed by atoms with Crippen molar-refractivity contribution in [3.63, 3.8) is 0 Å². The molecule has 0 unspecified atom stereocenters. The molecule has 0 spiro atoms. The largest absolute Gasteiger partial charge is 0.354 e. The summed E-state index contributed by atoms with van der Waals surface area (Å²) < 4.78 is 13.2. The molecular formula is C23H16FN5O. The average Bonchev–Trinajstić information content (AvgIpc) is 3.21. The number of benzene rings is 1. The number of carbonyl (C=O) groups is 1. The van der Waals surface area contributed by atoms with Crippen LogP contribution in [0.5, 0.6) is 0 Å². The fourth-order valence-corrected chi connectivity index (χ4v) is 3.19. The SMILES string of the molecule is CNC(=O)C(C#N)=Cc1cccc(-c2cnc3[nH]cc(-c4ccc(F)nc4)c3c2)c1. The summed E-state index contributed by atoms with van der Waals surface area (Å²) in [7, 11) is 1.48. The third-order valence-corrected chi connectivity index (χ3v) is 4.69. The van der Waals surface area contributed by atoms with E-state index in [4.69, 9.17) is 0 Å². The number of aromatic nitrogens is 3. The second-order valence-corrected chi connectivity index (χ2v) is 6.57. The highest BCUT2D eigenvalue weighted by molar-refractivity contribution is 6.01. The molecule has 1 amide bonds. The maximum Gasteiger partial charge on any atom is 0.261 e. The first-order valence-corrected chi connectivity index (χ1v) is 9.12. The van der Waals surface area contributed by atoms with Gasteiger partial charge in [-0.15, -0.1) is 0 Å². The van der Waals surface area contributed by atoms with E-state index < -0.39 is 11.9 Å². The number of aromatic amines is 1. The molecule has 30 heavy (non-hydrogen) atoms. The Morgan fingerprint density at radius 2 is 1.97 bits per heavy atom. The lowest BCUT2D eigenvalue weighted by molar-refractivity contribution is -0.116. The van der Waals surface area contributed by atoms with Gasteiger partial charge >= 0.3 is 0 Å². The zero-order chi connectivity index (χ0) is 21.1. The minimum atomic E-state index is -0.532. The molecule has 1 aromatic carbocycles. The molecule has 0 radical (unpaired) electrons. The molecule has 3 aromatic heterocycles. The first kappa shape index (κ1) is 19.0. The van der Waals surface area contributed by atoms with Crippen LogP contribution >= 0.6 is 0 Å². The van der Waals surface area contributed by atoms with Gasteiger partial charge in [-0.05, 0) is 41.5 Å². The number of fused-ring (bicyclic) bond motifs is 1. The van der Waals surface area contributed by atoms with Crippen molar-refractivity contribution in [3.05, 3.63) is 78.1 Å². The second kappa shape index (κ2) is 7.97. The molecule has 4 aromatic rings. The summed E-state index contributed by atoms with van der Waals surface area (Å²) in [6.45, 7) is 0.